The number of halogens is 1. The summed E-state index contributed by atoms with van der Waals surface area (Å²) in [6.45, 7) is 0.693. The molecule has 1 aromatic carbocycles. The summed E-state index contributed by atoms with van der Waals surface area (Å²) in [5, 5.41) is 11.9. The molecule has 1 aliphatic heterocycles. The highest BCUT2D eigenvalue weighted by atomic mass is 19.1. The highest BCUT2D eigenvalue weighted by molar-refractivity contribution is 5.84. The second-order valence-corrected chi connectivity index (χ2v) is 6.14. The van der Waals surface area contributed by atoms with E-state index in [9.17, 15) is 14.0 Å². The van der Waals surface area contributed by atoms with E-state index in [-0.39, 0.29) is 36.6 Å². The molecular formula is C16H18FNO4. The van der Waals surface area contributed by atoms with Crippen LogP contribution in [0.3, 0.4) is 0 Å². The molecule has 0 spiro atoms. The maximum atomic E-state index is 12.9. The third-order valence-corrected chi connectivity index (χ3v) is 4.41. The summed E-state index contributed by atoms with van der Waals surface area (Å²) in [6.07, 6.45) is 1.09. The zero-order valence-corrected chi connectivity index (χ0v) is 12.0. The number of carboxylic acid groups (broad SMARTS) is 1. The summed E-state index contributed by atoms with van der Waals surface area (Å²) in [4.78, 5) is 23.4. The molecule has 1 aliphatic carbocycles. The van der Waals surface area contributed by atoms with Crippen molar-refractivity contribution in [2.24, 2.45) is 5.92 Å². The fraction of sp³-hybridized carbons (Fsp3) is 0.500. The fourth-order valence-corrected chi connectivity index (χ4v) is 3.10. The highest BCUT2D eigenvalue weighted by Crippen LogP contribution is 2.48. The molecule has 3 rings (SSSR count). The summed E-state index contributed by atoms with van der Waals surface area (Å²) >= 11 is 0. The van der Waals surface area contributed by atoms with Crippen molar-refractivity contribution in [1.29, 1.82) is 0 Å². The van der Waals surface area contributed by atoms with Crippen LogP contribution in [-0.2, 0) is 14.3 Å². The minimum absolute atomic E-state index is 0.0878. The van der Waals surface area contributed by atoms with E-state index in [4.69, 9.17) is 9.84 Å². The van der Waals surface area contributed by atoms with Crippen LogP contribution in [0, 0.1) is 11.7 Å². The SMILES string of the molecule is O=C(O)CC1(NC(=O)C2CC2c2ccc(F)cc2)CCOC1. The molecular weight excluding hydrogens is 289 g/mol. The molecule has 6 heteroatoms. The van der Waals surface area contributed by atoms with Gasteiger partial charge in [-0.2, -0.15) is 0 Å². The van der Waals surface area contributed by atoms with E-state index < -0.39 is 11.5 Å². The van der Waals surface area contributed by atoms with Crippen molar-refractivity contribution in [1.82, 2.24) is 5.32 Å². The van der Waals surface area contributed by atoms with Gasteiger partial charge in [-0.3, -0.25) is 9.59 Å². The molecule has 0 aromatic heterocycles. The van der Waals surface area contributed by atoms with Crippen LogP contribution in [0.1, 0.15) is 30.7 Å². The molecule has 2 aliphatic rings. The lowest BCUT2D eigenvalue weighted by molar-refractivity contribution is -0.139. The number of benzene rings is 1. The second kappa shape index (κ2) is 5.68. The number of carbonyl (C=O) groups excluding carboxylic acids is 1. The number of amides is 1. The Labute approximate surface area is 127 Å². The zero-order chi connectivity index (χ0) is 15.7. The summed E-state index contributed by atoms with van der Waals surface area (Å²) in [6, 6.07) is 6.16. The average Bonchev–Trinajstić information content (AvgIpc) is 3.14. The number of nitrogens with one attached hydrogen (secondary N) is 1. The quantitative estimate of drug-likeness (QED) is 0.868. The molecule has 1 heterocycles. The molecule has 118 valence electrons. The van der Waals surface area contributed by atoms with Crippen LogP contribution < -0.4 is 5.32 Å². The predicted molar refractivity (Wildman–Crippen MR) is 75.8 cm³/mol. The van der Waals surface area contributed by atoms with Crippen LogP contribution in [0.15, 0.2) is 24.3 Å². The first-order chi connectivity index (χ1) is 10.5. The molecule has 22 heavy (non-hydrogen) atoms. The van der Waals surface area contributed by atoms with Crippen molar-refractivity contribution >= 4 is 11.9 Å². The minimum atomic E-state index is -0.948. The number of rotatable bonds is 5. The van der Waals surface area contributed by atoms with Crippen LogP contribution in [0.25, 0.3) is 0 Å². The zero-order valence-electron chi connectivity index (χ0n) is 12.0. The van der Waals surface area contributed by atoms with Crippen LogP contribution >= 0.6 is 0 Å². The lowest BCUT2D eigenvalue weighted by atomic mass is 9.94. The van der Waals surface area contributed by atoms with Crippen molar-refractivity contribution in [2.45, 2.75) is 30.7 Å². The van der Waals surface area contributed by atoms with E-state index in [2.05, 4.69) is 5.32 Å². The van der Waals surface area contributed by atoms with Crippen LogP contribution in [0.2, 0.25) is 0 Å². The van der Waals surface area contributed by atoms with Gasteiger partial charge >= 0.3 is 5.97 Å². The van der Waals surface area contributed by atoms with Crippen LogP contribution in [0.4, 0.5) is 4.39 Å². The fourth-order valence-electron chi connectivity index (χ4n) is 3.10. The van der Waals surface area contributed by atoms with Gasteiger partial charge in [0.15, 0.2) is 0 Å². The molecule has 5 nitrogen and oxygen atoms in total. The van der Waals surface area contributed by atoms with Gasteiger partial charge in [-0.05, 0) is 36.5 Å². The lowest BCUT2D eigenvalue weighted by Crippen LogP contribution is -2.51. The van der Waals surface area contributed by atoms with Gasteiger partial charge in [-0.1, -0.05) is 12.1 Å². The smallest absolute Gasteiger partial charge is 0.305 e. The Kier molecular flexibility index (Phi) is 3.87. The molecule has 2 N–H and O–H groups in total. The van der Waals surface area contributed by atoms with Gasteiger partial charge in [-0.25, -0.2) is 4.39 Å². The maximum absolute atomic E-state index is 12.9. The van der Waals surface area contributed by atoms with E-state index in [1.54, 1.807) is 12.1 Å². The number of carbonyl (C=O) groups is 2. The molecule has 1 amide bonds. The van der Waals surface area contributed by atoms with E-state index in [1.807, 2.05) is 0 Å². The molecule has 3 unspecified atom stereocenters. The second-order valence-electron chi connectivity index (χ2n) is 6.14. The van der Waals surface area contributed by atoms with E-state index in [1.165, 1.54) is 12.1 Å². The lowest BCUT2D eigenvalue weighted by Gasteiger charge is -2.27. The van der Waals surface area contributed by atoms with E-state index >= 15 is 0 Å². The van der Waals surface area contributed by atoms with Gasteiger partial charge < -0.3 is 15.2 Å². The molecule has 0 radical (unpaired) electrons. The van der Waals surface area contributed by atoms with Crippen molar-refractivity contribution in [3.63, 3.8) is 0 Å². The Morgan fingerprint density at radius 2 is 2.09 bits per heavy atom. The van der Waals surface area contributed by atoms with Gasteiger partial charge in [-0.15, -0.1) is 0 Å². The summed E-state index contributed by atoms with van der Waals surface area (Å²) < 4.78 is 18.2. The third kappa shape index (κ3) is 3.11. The Morgan fingerprint density at radius 1 is 1.36 bits per heavy atom. The van der Waals surface area contributed by atoms with Gasteiger partial charge in [0, 0.05) is 12.5 Å². The van der Waals surface area contributed by atoms with Crippen molar-refractivity contribution < 1.29 is 23.8 Å². The Balaban J connectivity index is 1.63. The number of ether oxygens (including phenoxy) is 1. The summed E-state index contributed by atoms with van der Waals surface area (Å²) in [5.41, 5.74) is 0.148. The largest absolute Gasteiger partial charge is 0.481 e. The number of carboxylic acids is 1. The maximum Gasteiger partial charge on any atom is 0.305 e. The monoisotopic (exact) mass is 307 g/mol. The topological polar surface area (TPSA) is 75.6 Å². The highest BCUT2D eigenvalue weighted by Gasteiger charge is 2.47. The Bertz CT molecular complexity index is 580. The van der Waals surface area contributed by atoms with Gasteiger partial charge in [0.25, 0.3) is 0 Å². The van der Waals surface area contributed by atoms with Crippen LogP contribution in [-0.4, -0.2) is 35.7 Å². The molecule has 1 aromatic rings. The molecule has 1 saturated heterocycles. The predicted octanol–water partition coefficient (Wildman–Crippen LogP) is 1.68. The molecule has 1 saturated carbocycles. The first-order valence-corrected chi connectivity index (χ1v) is 7.36. The summed E-state index contributed by atoms with van der Waals surface area (Å²) in [5.74, 6) is -1.46. The standard InChI is InChI=1S/C16H18FNO4/c17-11-3-1-10(2-4-11)12-7-13(12)15(21)18-16(8-14(19)20)5-6-22-9-16/h1-4,12-13H,5-9H2,(H,18,21)(H,19,20). The Morgan fingerprint density at radius 3 is 2.68 bits per heavy atom. The van der Waals surface area contributed by atoms with Crippen LogP contribution in [0.5, 0.6) is 0 Å². The van der Waals surface area contributed by atoms with Crippen molar-refractivity contribution in [3.8, 4) is 0 Å². The van der Waals surface area contributed by atoms with Gasteiger partial charge in [0.1, 0.15) is 5.82 Å². The molecule has 0 bridgehead atoms. The van der Waals surface area contributed by atoms with Crippen molar-refractivity contribution in [2.75, 3.05) is 13.2 Å². The van der Waals surface area contributed by atoms with E-state index in [0.717, 1.165) is 5.56 Å². The summed E-state index contributed by atoms with van der Waals surface area (Å²) in [7, 11) is 0. The third-order valence-electron chi connectivity index (χ3n) is 4.41. The molecule has 2 fully saturated rings. The van der Waals surface area contributed by atoms with Gasteiger partial charge in [0.05, 0.1) is 18.6 Å². The number of hydrogen-bond acceptors (Lipinski definition) is 3. The van der Waals surface area contributed by atoms with Gasteiger partial charge in [0.2, 0.25) is 5.91 Å². The minimum Gasteiger partial charge on any atom is -0.481 e. The first kappa shape index (κ1) is 15.0. The first-order valence-electron chi connectivity index (χ1n) is 7.36. The van der Waals surface area contributed by atoms with Crippen molar-refractivity contribution in [3.05, 3.63) is 35.6 Å². The Hall–Kier alpha value is -1.95. The molecule has 3 atom stereocenters. The van der Waals surface area contributed by atoms with E-state index in [0.29, 0.717) is 19.4 Å². The number of hydrogen-bond donors (Lipinski definition) is 2. The normalized spacial score (nSPS) is 30.0. The number of aliphatic carboxylic acids is 1. The average molecular weight is 307 g/mol.